The van der Waals surface area contributed by atoms with Crippen LogP contribution >= 0.6 is 0 Å². The van der Waals surface area contributed by atoms with Crippen molar-refractivity contribution in [2.75, 3.05) is 18.0 Å². The number of aldehydes is 1. The topological polar surface area (TPSA) is 63.5 Å². The number of carbonyl (C=O) groups is 1. The third-order valence-electron chi connectivity index (χ3n) is 3.24. The molecule has 0 atom stereocenters. The number of hydrogen-bond acceptors (Lipinski definition) is 4. The maximum atomic E-state index is 11.2. The number of anilines is 1. The Labute approximate surface area is 119 Å². The average molecular weight is 278 g/mol. The van der Waals surface area contributed by atoms with E-state index in [1.54, 1.807) is 12.1 Å². The van der Waals surface area contributed by atoms with Crippen LogP contribution in [0, 0.1) is 10.1 Å². The molecule has 1 aromatic carbocycles. The molecule has 1 rings (SSSR count). The number of nitrogens with zero attached hydrogens (tertiary/aromatic N) is 2. The van der Waals surface area contributed by atoms with Gasteiger partial charge < -0.3 is 4.90 Å². The van der Waals surface area contributed by atoms with E-state index in [4.69, 9.17) is 0 Å². The lowest BCUT2D eigenvalue weighted by molar-refractivity contribution is -0.384. The Morgan fingerprint density at radius 1 is 1.20 bits per heavy atom. The van der Waals surface area contributed by atoms with Gasteiger partial charge in [-0.3, -0.25) is 14.9 Å². The van der Waals surface area contributed by atoms with Crippen molar-refractivity contribution in [2.24, 2.45) is 0 Å². The molecule has 110 valence electrons. The van der Waals surface area contributed by atoms with Crippen LogP contribution in [0.15, 0.2) is 18.2 Å². The molecule has 0 fully saturated rings. The van der Waals surface area contributed by atoms with E-state index >= 15 is 0 Å². The van der Waals surface area contributed by atoms with Crippen LogP contribution in [0.4, 0.5) is 11.4 Å². The lowest BCUT2D eigenvalue weighted by atomic mass is 10.1. The summed E-state index contributed by atoms with van der Waals surface area (Å²) in [5, 5.41) is 11.2. The summed E-state index contributed by atoms with van der Waals surface area (Å²) in [6.07, 6.45) is 4.72. The Morgan fingerprint density at radius 3 is 2.25 bits per heavy atom. The van der Waals surface area contributed by atoms with Crippen molar-refractivity contribution in [1.82, 2.24) is 0 Å². The number of hydrogen-bond donors (Lipinski definition) is 0. The predicted molar refractivity (Wildman–Crippen MR) is 80.5 cm³/mol. The highest BCUT2D eigenvalue weighted by molar-refractivity contribution is 5.79. The third kappa shape index (κ3) is 4.33. The standard InChI is InChI=1S/C15H22N2O3/c1-3-5-9-16(10-6-4-2)14-8-7-13(12-18)11-15(14)17(19)20/h7-8,11-12H,3-6,9-10H2,1-2H3. The molecule has 20 heavy (non-hydrogen) atoms. The van der Waals surface area contributed by atoms with Crippen LogP contribution in [0.25, 0.3) is 0 Å². The van der Waals surface area contributed by atoms with Gasteiger partial charge in [0.15, 0.2) is 0 Å². The minimum Gasteiger partial charge on any atom is -0.366 e. The summed E-state index contributed by atoms with van der Waals surface area (Å²) in [5.41, 5.74) is 0.968. The predicted octanol–water partition coefficient (Wildman–Crippen LogP) is 3.81. The summed E-state index contributed by atoms with van der Waals surface area (Å²) in [5.74, 6) is 0. The Morgan fingerprint density at radius 2 is 1.80 bits per heavy atom. The maximum Gasteiger partial charge on any atom is 0.293 e. The summed E-state index contributed by atoms with van der Waals surface area (Å²) in [4.78, 5) is 23.6. The number of carbonyl (C=O) groups excluding carboxylic acids is 1. The van der Waals surface area contributed by atoms with Crippen LogP contribution in [-0.4, -0.2) is 24.3 Å². The number of nitro groups is 1. The molecule has 0 radical (unpaired) electrons. The van der Waals surface area contributed by atoms with Crippen LogP contribution in [0.1, 0.15) is 49.9 Å². The van der Waals surface area contributed by atoms with Crippen LogP contribution in [0.2, 0.25) is 0 Å². The first-order valence-corrected chi connectivity index (χ1v) is 7.12. The molecule has 0 amide bonds. The van der Waals surface area contributed by atoms with E-state index in [0.717, 1.165) is 38.8 Å². The first-order chi connectivity index (χ1) is 9.63. The van der Waals surface area contributed by atoms with Crippen molar-refractivity contribution in [3.05, 3.63) is 33.9 Å². The highest BCUT2D eigenvalue weighted by atomic mass is 16.6. The second kappa shape index (κ2) is 8.30. The van der Waals surface area contributed by atoms with Crippen molar-refractivity contribution in [3.8, 4) is 0 Å². The lowest BCUT2D eigenvalue weighted by Crippen LogP contribution is -2.26. The molecule has 5 heteroatoms. The molecule has 0 saturated heterocycles. The number of rotatable bonds is 9. The molecule has 0 spiro atoms. The fourth-order valence-electron chi connectivity index (χ4n) is 2.08. The van der Waals surface area contributed by atoms with Crippen LogP contribution in [-0.2, 0) is 0 Å². The normalized spacial score (nSPS) is 10.3. The van der Waals surface area contributed by atoms with E-state index in [9.17, 15) is 14.9 Å². The lowest BCUT2D eigenvalue weighted by Gasteiger charge is -2.24. The summed E-state index contributed by atoms with van der Waals surface area (Å²) in [6, 6.07) is 4.68. The Bertz CT molecular complexity index is 452. The van der Waals surface area contributed by atoms with Crippen molar-refractivity contribution in [2.45, 2.75) is 39.5 Å². The Balaban J connectivity index is 3.09. The molecule has 0 aliphatic heterocycles. The molecule has 0 aliphatic rings. The molecule has 0 N–H and O–H groups in total. The smallest absolute Gasteiger partial charge is 0.293 e. The minimum atomic E-state index is -0.409. The van der Waals surface area contributed by atoms with Gasteiger partial charge in [-0.15, -0.1) is 0 Å². The van der Waals surface area contributed by atoms with Gasteiger partial charge in [-0.1, -0.05) is 26.7 Å². The van der Waals surface area contributed by atoms with Gasteiger partial charge in [0, 0.05) is 24.7 Å². The van der Waals surface area contributed by atoms with E-state index < -0.39 is 4.92 Å². The zero-order chi connectivity index (χ0) is 15.0. The van der Waals surface area contributed by atoms with Gasteiger partial charge in [-0.25, -0.2) is 0 Å². The zero-order valence-corrected chi connectivity index (χ0v) is 12.2. The van der Waals surface area contributed by atoms with Gasteiger partial charge in [0.05, 0.1) is 4.92 Å². The first kappa shape index (κ1) is 16.1. The van der Waals surface area contributed by atoms with Gasteiger partial charge in [-0.2, -0.15) is 0 Å². The highest BCUT2D eigenvalue weighted by Gasteiger charge is 2.19. The number of unbranched alkanes of at least 4 members (excludes halogenated alkanes) is 2. The molecular formula is C15H22N2O3. The van der Waals surface area contributed by atoms with Crippen molar-refractivity contribution in [3.63, 3.8) is 0 Å². The molecule has 0 bridgehead atoms. The van der Waals surface area contributed by atoms with E-state index in [2.05, 4.69) is 18.7 Å². The molecule has 1 aromatic rings. The first-order valence-electron chi connectivity index (χ1n) is 7.12. The molecule has 0 aromatic heterocycles. The molecule has 0 heterocycles. The molecule has 0 saturated carbocycles. The van der Waals surface area contributed by atoms with Crippen molar-refractivity contribution < 1.29 is 9.72 Å². The third-order valence-corrected chi connectivity index (χ3v) is 3.24. The summed E-state index contributed by atoms with van der Waals surface area (Å²) in [7, 11) is 0. The SMILES string of the molecule is CCCCN(CCCC)c1ccc(C=O)cc1[N+](=O)[O-]. The number of nitro benzene ring substituents is 1. The van der Waals surface area contributed by atoms with Crippen molar-refractivity contribution in [1.29, 1.82) is 0 Å². The van der Waals surface area contributed by atoms with Gasteiger partial charge in [0.25, 0.3) is 5.69 Å². The average Bonchev–Trinajstić information content (AvgIpc) is 2.47. The summed E-state index contributed by atoms with van der Waals surface area (Å²) >= 11 is 0. The Kier molecular flexibility index (Phi) is 6.70. The van der Waals surface area contributed by atoms with Gasteiger partial charge in [0.2, 0.25) is 0 Å². The summed E-state index contributed by atoms with van der Waals surface area (Å²) < 4.78 is 0. The fourth-order valence-corrected chi connectivity index (χ4v) is 2.08. The second-order valence-electron chi connectivity index (χ2n) is 4.82. The van der Waals surface area contributed by atoms with E-state index in [-0.39, 0.29) is 5.69 Å². The minimum absolute atomic E-state index is 0.0156. The van der Waals surface area contributed by atoms with E-state index in [0.29, 0.717) is 17.5 Å². The van der Waals surface area contributed by atoms with Gasteiger partial charge >= 0.3 is 0 Å². The summed E-state index contributed by atoms with van der Waals surface area (Å²) in [6.45, 7) is 5.80. The van der Waals surface area contributed by atoms with Crippen LogP contribution < -0.4 is 4.90 Å². The molecule has 0 aliphatic carbocycles. The van der Waals surface area contributed by atoms with E-state index in [1.807, 2.05) is 0 Å². The fraction of sp³-hybridized carbons (Fsp3) is 0.533. The second-order valence-corrected chi connectivity index (χ2v) is 4.82. The molecule has 0 unspecified atom stereocenters. The van der Waals surface area contributed by atoms with Crippen LogP contribution in [0.5, 0.6) is 0 Å². The van der Waals surface area contributed by atoms with Crippen molar-refractivity contribution >= 4 is 17.7 Å². The maximum absolute atomic E-state index is 11.2. The van der Waals surface area contributed by atoms with E-state index in [1.165, 1.54) is 6.07 Å². The zero-order valence-electron chi connectivity index (χ0n) is 12.2. The highest BCUT2D eigenvalue weighted by Crippen LogP contribution is 2.29. The quantitative estimate of drug-likeness (QED) is 0.391. The molecule has 5 nitrogen and oxygen atoms in total. The largest absolute Gasteiger partial charge is 0.366 e. The monoisotopic (exact) mass is 278 g/mol. The van der Waals surface area contributed by atoms with Gasteiger partial charge in [0.1, 0.15) is 12.0 Å². The van der Waals surface area contributed by atoms with Gasteiger partial charge in [-0.05, 0) is 25.0 Å². The Hall–Kier alpha value is -1.91. The molecular weight excluding hydrogens is 256 g/mol. The number of benzene rings is 1. The van der Waals surface area contributed by atoms with Crippen LogP contribution in [0.3, 0.4) is 0 Å².